The number of halogens is 2. The van der Waals surface area contributed by atoms with E-state index in [2.05, 4.69) is 15.6 Å². The van der Waals surface area contributed by atoms with E-state index in [0.717, 1.165) is 18.7 Å². The molecular weight excluding hydrogens is 302 g/mol. The van der Waals surface area contributed by atoms with Crippen LogP contribution in [-0.4, -0.2) is 43.0 Å². The number of rotatable bonds is 6. The Balaban J connectivity index is 2.04. The normalized spacial score (nSPS) is 10.7. The Morgan fingerprint density at radius 3 is 2.61 bits per heavy atom. The number of hydrogen-bond donors (Lipinski definition) is 2. The van der Waals surface area contributed by atoms with Gasteiger partial charge in [-0.25, -0.2) is 8.78 Å². The second kappa shape index (κ2) is 7.64. The Labute approximate surface area is 133 Å². The first kappa shape index (κ1) is 16.8. The van der Waals surface area contributed by atoms with E-state index in [1.165, 1.54) is 18.5 Å². The van der Waals surface area contributed by atoms with Crippen molar-refractivity contribution in [1.82, 2.24) is 15.2 Å². The van der Waals surface area contributed by atoms with Gasteiger partial charge in [-0.2, -0.15) is 0 Å². The van der Waals surface area contributed by atoms with Gasteiger partial charge in [0, 0.05) is 31.0 Å². The maximum atomic E-state index is 13.2. The highest BCUT2D eigenvalue weighted by Crippen LogP contribution is 2.19. The number of pyridine rings is 1. The molecule has 2 aromatic rings. The Morgan fingerprint density at radius 2 is 1.91 bits per heavy atom. The van der Waals surface area contributed by atoms with Gasteiger partial charge in [0.1, 0.15) is 0 Å². The SMILES string of the molecule is CN(C)CCNC(=O)c1cncc(Nc2ccc(F)c(F)c2)c1. The van der Waals surface area contributed by atoms with Crippen LogP contribution in [-0.2, 0) is 0 Å². The zero-order chi connectivity index (χ0) is 16.8. The van der Waals surface area contributed by atoms with Gasteiger partial charge in [-0.15, -0.1) is 0 Å². The molecule has 0 atom stereocenters. The molecule has 122 valence electrons. The second-order valence-corrected chi connectivity index (χ2v) is 5.28. The minimum Gasteiger partial charge on any atom is -0.354 e. The second-order valence-electron chi connectivity index (χ2n) is 5.28. The fraction of sp³-hybridized carbons (Fsp3) is 0.250. The van der Waals surface area contributed by atoms with E-state index in [9.17, 15) is 13.6 Å². The summed E-state index contributed by atoms with van der Waals surface area (Å²) >= 11 is 0. The lowest BCUT2D eigenvalue weighted by Gasteiger charge is -2.11. The van der Waals surface area contributed by atoms with Gasteiger partial charge in [-0.3, -0.25) is 9.78 Å². The van der Waals surface area contributed by atoms with E-state index in [0.29, 0.717) is 23.5 Å². The summed E-state index contributed by atoms with van der Waals surface area (Å²) < 4.78 is 26.1. The lowest BCUT2D eigenvalue weighted by atomic mass is 10.2. The van der Waals surface area contributed by atoms with E-state index in [4.69, 9.17) is 0 Å². The number of amides is 1. The number of hydrogen-bond acceptors (Lipinski definition) is 4. The third kappa shape index (κ3) is 5.00. The van der Waals surface area contributed by atoms with Gasteiger partial charge in [0.05, 0.1) is 17.4 Å². The lowest BCUT2D eigenvalue weighted by Crippen LogP contribution is -2.31. The number of aromatic nitrogens is 1. The predicted octanol–water partition coefficient (Wildman–Crippen LogP) is 2.39. The van der Waals surface area contributed by atoms with Crippen LogP contribution in [0.1, 0.15) is 10.4 Å². The molecule has 5 nitrogen and oxygen atoms in total. The fourth-order valence-electron chi connectivity index (χ4n) is 1.87. The van der Waals surface area contributed by atoms with Gasteiger partial charge in [-0.05, 0) is 32.3 Å². The summed E-state index contributed by atoms with van der Waals surface area (Å²) in [4.78, 5) is 18.0. The third-order valence-electron chi connectivity index (χ3n) is 3.05. The number of likely N-dealkylation sites (N-methyl/N-ethyl adjacent to an activating group) is 1. The minimum atomic E-state index is -0.944. The Bertz CT molecular complexity index is 692. The van der Waals surface area contributed by atoms with Crippen LogP contribution in [0, 0.1) is 11.6 Å². The molecule has 0 fully saturated rings. The van der Waals surface area contributed by atoms with Gasteiger partial charge < -0.3 is 15.5 Å². The first-order chi connectivity index (χ1) is 11.0. The van der Waals surface area contributed by atoms with Crippen LogP contribution >= 0.6 is 0 Å². The summed E-state index contributed by atoms with van der Waals surface area (Å²) in [6.07, 6.45) is 2.94. The summed E-state index contributed by atoms with van der Waals surface area (Å²) in [6, 6.07) is 5.07. The molecule has 0 spiro atoms. The van der Waals surface area contributed by atoms with Crippen LogP contribution in [0.2, 0.25) is 0 Å². The van der Waals surface area contributed by atoms with Crippen molar-refractivity contribution in [3.05, 3.63) is 53.9 Å². The molecule has 2 N–H and O–H groups in total. The van der Waals surface area contributed by atoms with E-state index < -0.39 is 11.6 Å². The van der Waals surface area contributed by atoms with Crippen LogP contribution in [0.5, 0.6) is 0 Å². The molecular formula is C16H18F2N4O. The van der Waals surface area contributed by atoms with Crippen molar-refractivity contribution in [3.63, 3.8) is 0 Å². The molecule has 23 heavy (non-hydrogen) atoms. The summed E-state index contributed by atoms with van der Waals surface area (Å²) in [5.74, 6) is -2.10. The van der Waals surface area contributed by atoms with Gasteiger partial charge in [0.25, 0.3) is 5.91 Å². The molecule has 1 amide bonds. The average Bonchev–Trinajstić information content (AvgIpc) is 2.51. The van der Waals surface area contributed by atoms with Crippen molar-refractivity contribution in [1.29, 1.82) is 0 Å². The molecule has 1 heterocycles. The van der Waals surface area contributed by atoms with Crippen LogP contribution in [0.25, 0.3) is 0 Å². The van der Waals surface area contributed by atoms with Crippen molar-refractivity contribution in [2.24, 2.45) is 0 Å². The van der Waals surface area contributed by atoms with Gasteiger partial charge >= 0.3 is 0 Å². The molecule has 0 aliphatic rings. The standard InChI is InChI=1S/C16H18F2N4O/c1-22(2)6-5-20-16(23)11-7-13(10-19-9-11)21-12-3-4-14(17)15(18)8-12/h3-4,7-10,21H,5-6H2,1-2H3,(H,20,23). The monoisotopic (exact) mass is 320 g/mol. The number of benzene rings is 1. The van der Waals surface area contributed by atoms with Crippen molar-refractivity contribution < 1.29 is 13.6 Å². The smallest absolute Gasteiger partial charge is 0.252 e. The summed E-state index contributed by atoms with van der Waals surface area (Å²) in [5.41, 5.74) is 1.27. The zero-order valence-corrected chi connectivity index (χ0v) is 12.9. The number of anilines is 2. The van der Waals surface area contributed by atoms with Crippen LogP contribution in [0.4, 0.5) is 20.2 Å². The van der Waals surface area contributed by atoms with E-state index >= 15 is 0 Å². The molecule has 0 aliphatic carbocycles. The minimum absolute atomic E-state index is 0.242. The Kier molecular flexibility index (Phi) is 5.59. The first-order valence-corrected chi connectivity index (χ1v) is 7.06. The number of nitrogens with zero attached hydrogens (tertiary/aromatic N) is 2. The molecule has 0 bridgehead atoms. The van der Waals surface area contributed by atoms with Crippen molar-refractivity contribution in [2.45, 2.75) is 0 Å². The molecule has 0 aliphatic heterocycles. The highest BCUT2D eigenvalue weighted by molar-refractivity contribution is 5.94. The van der Waals surface area contributed by atoms with Gasteiger partial charge in [0.2, 0.25) is 0 Å². The highest BCUT2D eigenvalue weighted by Gasteiger charge is 2.08. The third-order valence-corrected chi connectivity index (χ3v) is 3.05. The van der Waals surface area contributed by atoms with Crippen molar-refractivity contribution in [3.8, 4) is 0 Å². The Hall–Kier alpha value is -2.54. The average molecular weight is 320 g/mol. The molecule has 0 radical (unpaired) electrons. The number of nitrogens with one attached hydrogen (secondary N) is 2. The molecule has 0 saturated carbocycles. The van der Waals surface area contributed by atoms with E-state index in [-0.39, 0.29) is 5.91 Å². The topological polar surface area (TPSA) is 57.3 Å². The zero-order valence-electron chi connectivity index (χ0n) is 12.9. The highest BCUT2D eigenvalue weighted by atomic mass is 19.2. The van der Waals surface area contributed by atoms with Crippen molar-refractivity contribution in [2.75, 3.05) is 32.5 Å². The quantitative estimate of drug-likeness (QED) is 0.858. The van der Waals surface area contributed by atoms with Crippen LogP contribution in [0.15, 0.2) is 36.7 Å². The Morgan fingerprint density at radius 1 is 1.13 bits per heavy atom. The van der Waals surface area contributed by atoms with Crippen LogP contribution in [0.3, 0.4) is 0 Å². The lowest BCUT2D eigenvalue weighted by molar-refractivity contribution is 0.0950. The van der Waals surface area contributed by atoms with Gasteiger partial charge in [0.15, 0.2) is 11.6 Å². The molecule has 2 rings (SSSR count). The van der Waals surface area contributed by atoms with E-state index in [1.807, 2.05) is 19.0 Å². The first-order valence-electron chi connectivity index (χ1n) is 7.06. The van der Waals surface area contributed by atoms with Crippen molar-refractivity contribution >= 4 is 17.3 Å². The van der Waals surface area contributed by atoms with E-state index in [1.54, 1.807) is 6.07 Å². The summed E-state index contributed by atoms with van der Waals surface area (Å²) in [6.45, 7) is 1.25. The molecule has 7 heteroatoms. The molecule has 1 aromatic carbocycles. The maximum Gasteiger partial charge on any atom is 0.252 e. The summed E-state index contributed by atoms with van der Waals surface area (Å²) in [5, 5.41) is 5.66. The molecule has 0 saturated heterocycles. The molecule has 0 unspecified atom stereocenters. The fourth-order valence-corrected chi connectivity index (χ4v) is 1.87. The van der Waals surface area contributed by atoms with Gasteiger partial charge in [-0.1, -0.05) is 0 Å². The number of carbonyl (C=O) groups excluding carboxylic acids is 1. The number of carbonyl (C=O) groups is 1. The van der Waals surface area contributed by atoms with Crippen LogP contribution < -0.4 is 10.6 Å². The molecule has 1 aromatic heterocycles. The largest absolute Gasteiger partial charge is 0.354 e. The predicted molar refractivity (Wildman–Crippen MR) is 84.8 cm³/mol. The summed E-state index contributed by atoms with van der Waals surface area (Å²) in [7, 11) is 3.83. The maximum absolute atomic E-state index is 13.2.